The van der Waals surface area contributed by atoms with Crippen LogP contribution < -0.4 is 15.3 Å². The normalized spacial score (nSPS) is 10.6. The van der Waals surface area contributed by atoms with Gasteiger partial charge in [-0.1, -0.05) is 23.7 Å². The van der Waals surface area contributed by atoms with Crippen LogP contribution >= 0.6 is 11.6 Å². The molecule has 8 heteroatoms. The summed E-state index contributed by atoms with van der Waals surface area (Å²) in [4.78, 5) is 37.4. The van der Waals surface area contributed by atoms with Crippen LogP contribution in [0.5, 0.6) is 5.75 Å². The molecule has 3 aromatic rings. The number of carbonyl (C=O) groups excluding carboxylic acids is 2. The van der Waals surface area contributed by atoms with Gasteiger partial charge in [-0.2, -0.15) is 0 Å². The number of esters is 1. The van der Waals surface area contributed by atoms with Crippen LogP contribution in [0, 0.1) is 6.92 Å². The number of aryl methyl sites for hydroxylation is 1. The molecule has 0 spiro atoms. The van der Waals surface area contributed by atoms with E-state index in [4.69, 9.17) is 25.5 Å². The summed E-state index contributed by atoms with van der Waals surface area (Å²) in [6, 6.07) is 11.0. The number of anilines is 1. The molecule has 7 nitrogen and oxygen atoms in total. The van der Waals surface area contributed by atoms with Crippen molar-refractivity contribution in [2.75, 3.05) is 25.7 Å². The first-order valence-electron chi connectivity index (χ1n) is 8.62. The summed E-state index contributed by atoms with van der Waals surface area (Å²) in [6.07, 6.45) is 0. The van der Waals surface area contributed by atoms with Crippen LogP contribution in [-0.2, 0) is 9.53 Å². The Balaban J connectivity index is 1.82. The second-order valence-electron chi connectivity index (χ2n) is 6.28. The maximum Gasteiger partial charge on any atom is 0.339 e. The number of likely N-dealkylation sites (N-methyl/N-ethyl adjacent to an activating group) is 1. The minimum Gasteiger partial charge on any atom is -0.482 e. The van der Waals surface area contributed by atoms with Crippen molar-refractivity contribution < 1.29 is 23.5 Å². The summed E-state index contributed by atoms with van der Waals surface area (Å²) < 4.78 is 15.5. The summed E-state index contributed by atoms with van der Waals surface area (Å²) in [6.45, 7) is 1.43. The summed E-state index contributed by atoms with van der Waals surface area (Å²) in [5, 5.41) is 0.956. The van der Waals surface area contributed by atoms with Gasteiger partial charge in [0.15, 0.2) is 6.61 Å². The Morgan fingerprint density at radius 3 is 2.62 bits per heavy atom. The molecule has 0 saturated carbocycles. The van der Waals surface area contributed by atoms with E-state index >= 15 is 0 Å². The molecule has 1 amide bonds. The number of para-hydroxylation sites is 1. The third-order valence-corrected chi connectivity index (χ3v) is 4.70. The maximum atomic E-state index is 12.6. The molecule has 3 rings (SSSR count). The van der Waals surface area contributed by atoms with Gasteiger partial charge in [0.25, 0.3) is 5.91 Å². The van der Waals surface area contributed by atoms with Gasteiger partial charge < -0.3 is 18.8 Å². The lowest BCUT2D eigenvalue weighted by molar-refractivity contribution is -0.120. The summed E-state index contributed by atoms with van der Waals surface area (Å²) in [5.41, 5.74) is 1.19. The van der Waals surface area contributed by atoms with Crippen molar-refractivity contribution in [1.82, 2.24) is 0 Å². The average molecular weight is 416 g/mol. The molecule has 150 valence electrons. The summed E-state index contributed by atoms with van der Waals surface area (Å²) in [7, 11) is 2.80. The first kappa shape index (κ1) is 20.4. The largest absolute Gasteiger partial charge is 0.482 e. The standard InChI is InChI=1S/C21H18ClNO6/c1-12-8-20(25)29-17-10-18(15(22)9-14(12)17)28-11-19(24)23(2)16-7-5-4-6-13(16)21(26)27-3/h4-10H,11H2,1-3H3. The van der Waals surface area contributed by atoms with E-state index in [9.17, 15) is 14.4 Å². The van der Waals surface area contributed by atoms with Crippen molar-refractivity contribution in [3.63, 3.8) is 0 Å². The molecule has 0 aliphatic carbocycles. The minimum absolute atomic E-state index is 0.205. The van der Waals surface area contributed by atoms with Crippen LogP contribution in [0.1, 0.15) is 15.9 Å². The number of hydrogen-bond donors (Lipinski definition) is 0. The molecule has 1 heterocycles. The molecule has 0 fully saturated rings. The highest BCUT2D eigenvalue weighted by Crippen LogP contribution is 2.31. The van der Waals surface area contributed by atoms with Gasteiger partial charge in [-0.25, -0.2) is 9.59 Å². The second kappa shape index (κ2) is 8.36. The van der Waals surface area contributed by atoms with Crippen LogP contribution in [0.3, 0.4) is 0 Å². The van der Waals surface area contributed by atoms with Gasteiger partial charge in [0.1, 0.15) is 11.3 Å². The number of halogens is 1. The molecule has 0 unspecified atom stereocenters. The lowest BCUT2D eigenvalue weighted by atomic mass is 10.1. The topological polar surface area (TPSA) is 86.1 Å². The quantitative estimate of drug-likeness (QED) is 0.467. The molecule has 2 aromatic carbocycles. The van der Waals surface area contributed by atoms with Gasteiger partial charge in [0.05, 0.1) is 23.4 Å². The zero-order chi connectivity index (χ0) is 21.1. The highest BCUT2D eigenvalue weighted by atomic mass is 35.5. The van der Waals surface area contributed by atoms with Crippen molar-refractivity contribution >= 4 is 40.1 Å². The number of methoxy groups -OCH3 is 1. The Labute approximate surface area is 171 Å². The number of ether oxygens (including phenoxy) is 2. The van der Waals surface area contributed by atoms with Crippen LogP contribution in [0.4, 0.5) is 5.69 Å². The van der Waals surface area contributed by atoms with Gasteiger partial charge in [-0.15, -0.1) is 0 Å². The molecule has 0 radical (unpaired) electrons. The van der Waals surface area contributed by atoms with Crippen LogP contribution in [0.25, 0.3) is 11.0 Å². The minimum atomic E-state index is -0.552. The van der Waals surface area contributed by atoms with E-state index in [1.165, 1.54) is 31.2 Å². The zero-order valence-corrected chi connectivity index (χ0v) is 16.8. The Kier molecular flexibility index (Phi) is 5.89. The number of fused-ring (bicyclic) bond motifs is 1. The predicted octanol–water partition coefficient (Wildman–Crippen LogP) is 3.58. The first-order chi connectivity index (χ1) is 13.8. The van der Waals surface area contributed by atoms with Crippen molar-refractivity contribution in [3.8, 4) is 5.75 Å². The van der Waals surface area contributed by atoms with Gasteiger partial charge >= 0.3 is 11.6 Å². The van der Waals surface area contributed by atoms with Gasteiger partial charge in [-0.05, 0) is 30.7 Å². The zero-order valence-electron chi connectivity index (χ0n) is 16.0. The number of hydrogen-bond acceptors (Lipinski definition) is 6. The highest BCUT2D eigenvalue weighted by Gasteiger charge is 2.20. The SMILES string of the molecule is COC(=O)c1ccccc1N(C)C(=O)COc1cc2oc(=O)cc(C)c2cc1Cl. The van der Waals surface area contributed by atoms with E-state index in [1.807, 2.05) is 0 Å². The molecule has 0 N–H and O–H groups in total. The summed E-state index contributed by atoms with van der Waals surface area (Å²) in [5.74, 6) is -0.761. The van der Waals surface area contributed by atoms with E-state index < -0.39 is 17.5 Å². The van der Waals surface area contributed by atoms with Crippen LogP contribution in [0.15, 0.2) is 51.7 Å². The smallest absolute Gasteiger partial charge is 0.339 e. The van der Waals surface area contributed by atoms with E-state index in [-0.39, 0.29) is 22.9 Å². The lowest BCUT2D eigenvalue weighted by Gasteiger charge is -2.20. The van der Waals surface area contributed by atoms with Gasteiger partial charge in [0, 0.05) is 24.6 Å². The number of nitrogens with zero attached hydrogens (tertiary/aromatic N) is 1. The Morgan fingerprint density at radius 1 is 1.17 bits per heavy atom. The van der Waals surface area contributed by atoms with Gasteiger partial charge in [-0.3, -0.25) is 4.79 Å². The van der Waals surface area contributed by atoms with Crippen LogP contribution in [-0.4, -0.2) is 32.6 Å². The second-order valence-corrected chi connectivity index (χ2v) is 6.68. The molecular weight excluding hydrogens is 398 g/mol. The Morgan fingerprint density at radius 2 is 1.90 bits per heavy atom. The molecule has 0 bridgehead atoms. The monoisotopic (exact) mass is 415 g/mol. The highest BCUT2D eigenvalue weighted by molar-refractivity contribution is 6.32. The molecule has 29 heavy (non-hydrogen) atoms. The van der Waals surface area contributed by atoms with E-state index in [2.05, 4.69) is 0 Å². The Bertz CT molecular complexity index is 1150. The fourth-order valence-electron chi connectivity index (χ4n) is 2.85. The van der Waals surface area contributed by atoms with E-state index in [0.29, 0.717) is 16.7 Å². The predicted molar refractivity (Wildman–Crippen MR) is 109 cm³/mol. The molecule has 0 atom stereocenters. The lowest BCUT2D eigenvalue weighted by Crippen LogP contribution is -2.32. The number of benzene rings is 2. The van der Waals surface area contributed by atoms with Crippen molar-refractivity contribution in [2.45, 2.75) is 6.92 Å². The van der Waals surface area contributed by atoms with Crippen molar-refractivity contribution in [3.05, 3.63) is 69.0 Å². The van der Waals surface area contributed by atoms with Crippen molar-refractivity contribution in [1.29, 1.82) is 0 Å². The third kappa shape index (κ3) is 4.25. The molecular formula is C21H18ClNO6. The molecule has 0 saturated heterocycles. The molecule has 0 aliphatic heterocycles. The van der Waals surface area contributed by atoms with E-state index in [1.54, 1.807) is 37.3 Å². The van der Waals surface area contributed by atoms with Crippen LogP contribution in [0.2, 0.25) is 5.02 Å². The number of amides is 1. The fourth-order valence-corrected chi connectivity index (χ4v) is 3.07. The van der Waals surface area contributed by atoms with Crippen molar-refractivity contribution in [2.24, 2.45) is 0 Å². The number of carbonyl (C=O) groups is 2. The molecule has 1 aromatic heterocycles. The Hall–Kier alpha value is -3.32. The summed E-state index contributed by atoms with van der Waals surface area (Å²) >= 11 is 6.25. The maximum absolute atomic E-state index is 12.6. The van der Waals surface area contributed by atoms with Gasteiger partial charge in [0.2, 0.25) is 0 Å². The third-order valence-electron chi connectivity index (χ3n) is 4.40. The van der Waals surface area contributed by atoms with E-state index in [0.717, 1.165) is 5.56 Å². The molecule has 0 aliphatic rings. The first-order valence-corrected chi connectivity index (χ1v) is 9.00. The average Bonchev–Trinajstić information content (AvgIpc) is 2.71. The number of rotatable bonds is 5. The fraction of sp³-hybridized carbons (Fsp3) is 0.190.